The first-order chi connectivity index (χ1) is 8.04. The summed E-state index contributed by atoms with van der Waals surface area (Å²) in [4.78, 5) is 2.15. The van der Waals surface area contributed by atoms with E-state index in [1.165, 1.54) is 11.1 Å². The van der Waals surface area contributed by atoms with E-state index in [1.54, 1.807) is 0 Å². The van der Waals surface area contributed by atoms with Crippen LogP contribution in [0.3, 0.4) is 0 Å². The van der Waals surface area contributed by atoms with Crippen molar-refractivity contribution < 1.29 is 4.74 Å². The van der Waals surface area contributed by atoms with E-state index in [1.807, 2.05) is 0 Å². The molecule has 1 unspecified atom stereocenters. The topological polar surface area (TPSA) is 38.5 Å². The molecule has 0 spiro atoms. The first kappa shape index (κ1) is 14.0. The molecule has 0 aliphatic carbocycles. The quantitative estimate of drug-likeness (QED) is 0.820. The Balaban J connectivity index is 2.47. The molecule has 0 fully saturated rings. The Hall–Kier alpha value is -1.06. The fourth-order valence-corrected chi connectivity index (χ4v) is 1.75. The van der Waals surface area contributed by atoms with Crippen LogP contribution in [0.15, 0.2) is 18.2 Å². The summed E-state index contributed by atoms with van der Waals surface area (Å²) < 4.78 is 5.82. The number of benzene rings is 1. The van der Waals surface area contributed by atoms with Gasteiger partial charge in [-0.25, -0.2) is 0 Å². The van der Waals surface area contributed by atoms with Gasteiger partial charge < -0.3 is 15.4 Å². The van der Waals surface area contributed by atoms with Gasteiger partial charge in [-0.3, -0.25) is 0 Å². The third-order valence-corrected chi connectivity index (χ3v) is 3.05. The van der Waals surface area contributed by atoms with Crippen molar-refractivity contribution in [2.24, 2.45) is 5.73 Å². The lowest BCUT2D eigenvalue weighted by Gasteiger charge is -2.22. The number of hydrogen-bond donors (Lipinski definition) is 1. The molecule has 1 atom stereocenters. The molecule has 96 valence electrons. The van der Waals surface area contributed by atoms with Crippen LogP contribution < -0.4 is 10.5 Å². The van der Waals surface area contributed by atoms with Crippen LogP contribution in [0.4, 0.5) is 0 Å². The molecule has 0 radical (unpaired) electrons. The minimum atomic E-state index is 0.389. The summed E-state index contributed by atoms with van der Waals surface area (Å²) in [6, 6.07) is 6.67. The van der Waals surface area contributed by atoms with Crippen molar-refractivity contribution in [2.45, 2.75) is 26.3 Å². The largest absolute Gasteiger partial charge is 0.493 e. The summed E-state index contributed by atoms with van der Waals surface area (Å²) >= 11 is 0. The van der Waals surface area contributed by atoms with E-state index in [2.05, 4.69) is 51.0 Å². The third-order valence-electron chi connectivity index (χ3n) is 3.05. The standard InChI is InChI=1S/C14H24N2O/c1-11-5-6-12(2)14(9-11)17-8-7-13(10-15)16(3)4/h5-6,9,13H,7-8,10,15H2,1-4H3. The molecule has 2 N–H and O–H groups in total. The van der Waals surface area contributed by atoms with Crippen molar-refractivity contribution in [3.05, 3.63) is 29.3 Å². The average molecular weight is 236 g/mol. The number of rotatable bonds is 6. The molecule has 3 heteroatoms. The van der Waals surface area contributed by atoms with Gasteiger partial charge in [-0.1, -0.05) is 12.1 Å². The van der Waals surface area contributed by atoms with E-state index in [0.717, 1.165) is 12.2 Å². The highest BCUT2D eigenvalue weighted by molar-refractivity contribution is 5.35. The van der Waals surface area contributed by atoms with Gasteiger partial charge in [-0.05, 0) is 51.6 Å². The predicted octanol–water partition coefficient (Wildman–Crippen LogP) is 1.96. The first-order valence-electron chi connectivity index (χ1n) is 6.11. The summed E-state index contributed by atoms with van der Waals surface area (Å²) in [6.45, 7) is 5.53. The molecule has 17 heavy (non-hydrogen) atoms. The van der Waals surface area contributed by atoms with Gasteiger partial charge >= 0.3 is 0 Å². The van der Waals surface area contributed by atoms with Crippen molar-refractivity contribution in [3.8, 4) is 5.75 Å². The van der Waals surface area contributed by atoms with E-state index in [4.69, 9.17) is 10.5 Å². The average Bonchev–Trinajstić information content (AvgIpc) is 2.28. The van der Waals surface area contributed by atoms with Gasteiger partial charge in [-0.2, -0.15) is 0 Å². The van der Waals surface area contributed by atoms with E-state index < -0.39 is 0 Å². The molecule has 0 bridgehead atoms. The Labute approximate surface area is 105 Å². The molecule has 0 aromatic heterocycles. The number of aryl methyl sites for hydroxylation is 2. The van der Waals surface area contributed by atoms with Gasteiger partial charge in [0.2, 0.25) is 0 Å². The maximum Gasteiger partial charge on any atom is 0.122 e. The van der Waals surface area contributed by atoms with Crippen LogP contribution in [0.5, 0.6) is 5.75 Å². The molecule has 0 heterocycles. The highest BCUT2D eigenvalue weighted by Crippen LogP contribution is 2.19. The highest BCUT2D eigenvalue weighted by atomic mass is 16.5. The second-order valence-electron chi connectivity index (χ2n) is 4.76. The van der Waals surface area contributed by atoms with Gasteiger partial charge in [0.25, 0.3) is 0 Å². The van der Waals surface area contributed by atoms with Crippen LogP contribution in [0.1, 0.15) is 17.5 Å². The molecule has 1 aromatic carbocycles. The number of hydrogen-bond acceptors (Lipinski definition) is 3. The highest BCUT2D eigenvalue weighted by Gasteiger charge is 2.09. The number of nitrogens with two attached hydrogens (primary N) is 1. The van der Waals surface area contributed by atoms with Gasteiger partial charge in [-0.15, -0.1) is 0 Å². The zero-order valence-electron chi connectivity index (χ0n) is 11.4. The fourth-order valence-electron chi connectivity index (χ4n) is 1.75. The predicted molar refractivity (Wildman–Crippen MR) is 72.6 cm³/mol. The fraction of sp³-hybridized carbons (Fsp3) is 0.571. The molecule has 1 aromatic rings. The molecule has 1 rings (SSSR count). The van der Waals surface area contributed by atoms with Crippen molar-refractivity contribution in [1.29, 1.82) is 0 Å². The van der Waals surface area contributed by atoms with Crippen LogP contribution in [0.25, 0.3) is 0 Å². The number of likely N-dealkylation sites (N-methyl/N-ethyl adjacent to an activating group) is 1. The van der Waals surface area contributed by atoms with Gasteiger partial charge in [0.15, 0.2) is 0 Å². The second kappa shape index (κ2) is 6.62. The Morgan fingerprint density at radius 1 is 1.29 bits per heavy atom. The van der Waals surface area contributed by atoms with Crippen LogP contribution in [-0.2, 0) is 0 Å². The van der Waals surface area contributed by atoms with Gasteiger partial charge in [0.1, 0.15) is 5.75 Å². The minimum absolute atomic E-state index is 0.389. The van der Waals surface area contributed by atoms with E-state index in [9.17, 15) is 0 Å². The van der Waals surface area contributed by atoms with Gasteiger partial charge in [0, 0.05) is 12.6 Å². The van der Waals surface area contributed by atoms with Crippen LogP contribution >= 0.6 is 0 Å². The maximum atomic E-state index is 5.82. The Morgan fingerprint density at radius 2 is 2.00 bits per heavy atom. The van der Waals surface area contributed by atoms with E-state index in [-0.39, 0.29) is 0 Å². The SMILES string of the molecule is Cc1ccc(C)c(OCCC(CN)N(C)C)c1. The monoisotopic (exact) mass is 236 g/mol. The molecule has 0 aliphatic rings. The molecular formula is C14H24N2O. The zero-order chi connectivity index (χ0) is 12.8. The van der Waals surface area contributed by atoms with Crippen molar-refractivity contribution in [3.63, 3.8) is 0 Å². The molecule has 0 saturated heterocycles. The molecule has 0 aliphatic heterocycles. The van der Waals surface area contributed by atoms with E-state index >= 15 is 0 Å². The number of ether oxygens (including phenoxy) is 1. The lowest BCUT2D eigenvalue weighted by molar-refractivity contribution is 0.225. The van der Waals surface area contributed by atoms with Crippen LogP contribution in [-0.4, -0.2) is 38.2 Å². The Bertz CT molecular complexity index is 350. The van der Waals surface area contributed by atoms with Crippen LogP contribution in [0.2, 0.25) is 0 Å². The number of nitrogens with zero attached hydrogens (tertiary/aromatic N) is 1. The molecule has 0 amide bonds. The lowest BCUT2D eigenvalue weighted by Crippen LogP contribution is -2.36. The maximum absolute atomic E-state index is 5.82. The molecular weight excluding hydrogens is 212 g/mol. The minimum Gasteiger partial charge on any atom is -0.493 e. The van der Waals surface area contributed by atoms with Crippen molar-refractivity contribution >= 4 is 0 Å². The third kappa shape index (κ3) is 4.36. The normalized spacial score (nSPS) is 12.8. The van der Waals surface area contributed by atoms with Gasteiger partial charge in [0.05, 0.1) is 6.61 Å². The van der Waals surface area contributed by atoms with E-state index in [0.29, 0.717) is 19.2 Å². The Morgan fingerprint density at radius 3 is 2.59 bits per heavy atom. The second-order valence-corrected chi connectivity index (χ2v) is 4.76. The van der Waals surface area contributed by atoms with Crippen molar-refractivity contribution in [1.82, 2.24) is 4.90 Å². The summed E-state index contributed by atoms with van der Waals surface area (Å²) in [6.07, 6.45) is 0.955. The Kier molecular flexibility index (Phi) is 5.45. The lowest BCUT2D eigenvalue weighted by atomic mass is 10.1. The summed E-state index contributed by atoms with van der Waals surface area (Å²) in [5, 5.41) is 0. The van der Waals surface area contributed by atoms with Crippen LogP contribution in [0, 0.1) is 13.8 Å². The summed E-state index contributed by atoms with van der Waals surface area (Å²) in [5.41, 5.74) is 8.13. The molecule has 3 nitrogen and oxygen atoms in total. The summed E-state index contributed by atoms with van der Waals surface area (Å²) in [5.74, 6) is 0.986. The first-order valence-corrected chi connectivity index (χ1v) is 6.11. The molecule has 0 saturated carbocycles. The smallest absolute Gasteiger partial charge is 0.122 e. The van der Waals surface area contributed by atoms with Crippen molar-refractivity contribution in [2.75, 3.05) is 27.2 Å². The summed E-state index contributed by atoms with van der Waals surface area (Å²) in [7, 11) is 4.10. The zero-order valence-corrected chi connectivity index (χ0v) is 11.4.